The third kappa shape index (κ3) is 5.86. The van der Waals surface area contributed by atoms with Crippen LogP contribution in [0.15, 0.2) is 36.4 Å². The molecule has 0 aliphatic carbocycles. The van der Waals surface area contributed by atoms with E-state index in [0.717, 1.165) is 16.9 Å². The van der Waals surface area contributed by atoms with Crippen LogP contribution in [0.1, 0.15) is 18.6 Å². The number of nitrogens with one attached hydrogen (secondary N) is 2. The Morgan fingerprint density at radius 2 is 1.43 bits per heavy atom. The molecule has 126 valence electrons. The van der Waals surface area contributed by atoms with Crippen LogP contribution < -0.4 is 16.4 Å². The zero-order valence-electron chi connectivity index (χ0n) is 13.3. The summed E-state index contributed by atoms with van der Waals surface area (Å²) in [7, 11) is 3.53. The molecule has 0 radical (unpaired) electrons. The molecule has 2 rings (SSSR count). The first-order valence-electron chi connectivity index (χ1n) is 6.85. The number of rotatable bonds is 3. The number of nitro benzene ring substituents is 1. The van der Waals surface area contributed by atoms with E-state index in [1.807, 2.05) is 45.2 Å². The second-order valence-corrected chi connectivity index (χ2v) is 4.87. The van der Waals surface area contributed by atoms with Crippen LogP contribution in [0.4, 0.5) is 22.7 Å². The van der Waals surface area contributed by atoms with E-state index in [0.29, 0.717) is 5.69 Å². The zero-order chi connectivity index (χ0) is 16.7. The Labute approximate surface area is 137 Å². The molecule has 0 saturated heterocycles. The lowest BCUT2D eigenvalue weighted by Gasteiger charge is -2.03. The lowest BCUT2D eigenvalue weighted by molar-refractivity contribution is -0.384. The molecule has 0 amide bonds. The highest BCUT2D eigenvalue weighted by Gasteiger charge is 2.11. The van der Waals surface area contributed by atoms with Gasteiger partial charge in [0.05, 0.1) is 16.3 Å². The maximum Gasteiger partial charge on any atom is 0.292 e. The van der Waals surface area contributed by atoms with Gasteiger partial charge >= 0.3 is 0 Å². The maximum absolute atomic E-state index is 10.5. The van der Waals surface area contributed by atoms with E-state index in [4.69, 9.17) is 5.73 Å². The Morgan fingerprint density at radius 3 is 1.87 bits per heavy atom. The Morgan fingerprint density at radius 1 is 0.957 bits per heavy atom. The standard InChI is InChI=1S/C8H10N2O2.C8H12N2.CH4/c1-6-3-4-7(9-2)8(5-6)10(11)12;1-6-3-4-8(10-2)7(9)5-6;/h3-5,9H,1-2H3;3-5,10H,9H2,1-2H3;1H4. The van der Waals surface area contributed by atoms with Gasteiger partial charge in [-0.25, -0.2) is 0 Å². The smallest absolute Gasteiger partial charge is 0.292 e. The molecule has 0 fully saturated rings. The molecule has 0 spiro atoms. The molecule has 0 aliphatic rings. The monoisotopic (exact) mass is 318 g/mol. The molecule has 0 atom stereocenters. The highest BCUT2D eigenvalue weighted by molar-refractivity contribution is 5.66. The topological polar surface area (TPSA) is 93.2 Å². The number of nitro groups is 1. The largest absolute Gasteiger partial charge is 0.397 e. The first-order valence-corrected chi connectivity index (χ1v) is 6.85. The van der Waals surface area contributed by atoms with Crippen molar-refractivity contribution in [2.24, 2.45) is 0 Å². The SMILES string of the molecule is C.CNc1ccc(C)cc1N.CNc1ccc(C)cc1[N+](=O)[O-]. The summed E-state index contributed by atoms with van der Waals surface area (Å²) in [4.78, 5) is 10.1. The molecule has 6 nitrogen and oxygen atoms in total. The summed E-state index contributed by atoms with van der Waals surface area (Å²) in [6.07, 6.45) is 0. The van der Waals surface area contributed by atoms with Crippen LogP contribution in [0.2, 0.25) is 0 Å². The van der Waals surface area contributed by atoms with Crippen molar-refractivity contribution in [1.82, 2.24) is 0 Å². The lowest BCUT2D eigenvalue weighted by atomic mass is 10.2. The van der Waals surface area contributed by atoms with Crippen molar-refractivity contribution < 1.29 is 4.92 Å². The molecule has 0 saturated carbocycles. The highest BCUT2D eigenvalue weighted by atomic mass is 16.6. The van der Waals surface area contributed by atoms with Gasteiger partial charge in [-0.3, -0.25) is 10.1 Å². The van der Waals surface area contributed by atoms with Gasteiger partial charge in [0, 0.05) is 20.2 Å². The van der Waals surface area contributed by atoms with Crippen molar-refractivity contribution in [3.8, 4) is 0 Å². The van der Waals surface area contributed by atoms with Crippen molar-refractivity contribution >= 4 is 22.7 Å². The molecule has 0 heterocycles. The van der Waals surface area contributed by atoms with Gasteiger partial charge < -0.3 is 16.4 Å². The third-order valence-electron chi connectivity index (χ3n) is 3.10. The van der Waals surface area contributed by atoms with Crippen LogP contribution >= 0.6 is 0 Å². The van der Waals surface area contributed by atoms with Crippen LogP contribution in [-0.2, 0) is 0 Å². The van der Waals surface area contributed by atoms with E-state index in [1.165, 1.54) is 5.56 Å². The van der Waals surface area contributed by atoms with Gasteiger partial charge in [-0.1, -0.05) is 19.6 Å². The number of nitrogens with two attached hydrogens (primary N) is 1. The quantitative estimate of drug-likeness (QED) is 0.448. The second kappa shape index (κ2) is 9.30. The number of hydrogen-bond acceptors (Lipinski definition) is 5. The minimum absolute atomic E-state index is 0. The second-order valence-electron chi connectivity index (χ2n) is 4.87. The average Bonchev–Trinajstić information content (AvgIpc) is 2.48. The first-order chi connectivity index (χ1) is 10.4. The molecule has 0 aromatic heterocycles. The summed E-state index contributed by atoms with van der Waals surface area (Å²) in [5, 5.41) is 16.3. The van der Waals surface area contributed by atoms with E-state index in [2.05, 4.69) is 10.6 Å². The van der Waals surface area contributed by atoms with Crippen molar-refractivity contribution in [2.75, 3.05) is 30.5 Å². The molecule has 2 aromatic rings. The van der Waals surface area contributed by atoms with Crippen LogP contribution in [0.25, 0.3) is 0 Å². The summed E-state index contributed by atoms with van der Waals surface area (Å²) in [6.45, 7) is 3.85. The maximum atomic E-state index is 10.5. The summed E-state index contributed by atoms with van der Waals surface area (Å²) < 4.78 is 0. The van der Waals surface area contributed by atoms with Gasteiger partial charge in [0.2, 0.25) is 0 Å². The van der Waals surface area contributed by atoms with Crippen molar-refractivity contribution in [2.45, 2.75) is 21.3 Å². The third-order valence-corrected chi connectivity index (χ3v) is 3.10. The summed E-state index contributed by atoms with van der Waals surface area (Å²) in [5.74, 6) is 0. The van der Waals surface area contributed by atoms with E-state index in [1.54, 1.807) is 19.2 Å². The predicted octanol–water partition coefficient (Wildman–Crippen LogP) is 4.20. The molecule has 4 N–H and O–H groups in total. The molecule has 23 heavy (non-hydrogen) atoms. The van der Waals surface area contributed by atoms with E-state index < -0.39 is 4.92 Å². The van der Waals surface area contributed by atoms with Gasteiger partial charge in [0.1, 0.15) is 5.69 Å². The zero-order valence-corrected chi connectivity index (χ0v) is 13.3. The molecular formula is C17H26N4O2. The number of benzene rings is 2. The van der Waals surface area contributed by atoms with Gasteiger partial charge in [-0.05, 0) is 43.2 Å². The van der Waals surface area contributed by atoms with Crippen LogP contribution in [0, 0.1) is 24.0 Å². The molecular weight excluding hydrogens is 292 g/mol. The minimum Gasteiger partial charge on any atom is -0.397 e. The van der Waals surface area contributed by atoms with Gasteiger partial charge in [0.25, 0.3) is 5.69 Å². The van der Waals surface area contributed by atoms with E-state index in [9.17, 15) is 10.1 Å². The van der Waals surface area contributed by atoms with Crippen LogP contribution in [-0.4, -0.2) is 19.0 Å². The molecule has 2 aromatic carbocycles. The fourth-order valence-electron chi connectivity index (χ4n) is 1.91. The fraction of sp³-hybridized carbons (Fsp3) is 0.294. The summed E-state index contributed by atoms with van der Waals surface area (Å²) >= 11 is 0. The molecule has 6 heteroatoms. The molecule has 0 aliphatic heterocycles. The number of anilines is 3. The number of hydrogen-bond donors (Lipinski definition) is 3. The van der Waals surface area contributed by atoms with Crippen molar-refractivity contribution in [1.29, 1.82) is 0 Å². The Balaban J connectivity index is 0.000000409. The number of aryl methyl sites for hydroxylation is 2. The fourth-order valence-corrected chi connectivity index (χ4v) is 1.91. The Bertz CT molecular complexity index is 657. The first kappa shape index (κ1) is 20.2. The Hall–Kier alpha value is -2.76. The molecule has 0 bridgehead atoms. The average molecular weight is 318 g/mol. The van der Waals surface area contributed by atoms with Gasteiger partial charge in [0.15, 0.2) is 0 Å². The molecule has 0 unspecified atom stereocenters. The number of nitrogen functional groups attached to an aromatic ring is 1. The van der Waals surface area contributed by atoms with E-state index >= 15 is 0 Å². The van der Waals surface area contributed by atoms with E-state index in [-0.39, 0.29) is 13.1 Å². The summed E-state index contributed by atoms with van der Waals surface area (Å²) in [5.41, 5.74) is 10.2. The summed E-state index contributed by atoms with van der Waals surface area (Å²) in [6, 6.07) is 11.0. The highest BCUT2D eigenvalue weighted by Crippen LogP contribution is 2.24. The number of nitrogens with zero attached hydrogens (tertiary/aromatic N) is 1. The normalized spacial score (nSPS) is 9.04. The lowest BCUT2D eigenvalue weighted by Crippen LogP contribution is -1.96. The minimum atomic E-state index is -0.390. The van der Waals surface area contributed by atoms with Gasteiger partial charge in [-0.2, -0.15) is 0 Å². The Kier molecular flexibility index (Phi) is 8.18. The van der Waals surface area contributed by atoms with Gasteiger partial charge in [-0.15, -0.1) is 0 Å². The van der Waals surface area contributed by atoms with Crippen molar-refractivity contribution in [3.05, 3.63) is 57.6 Å². The van der Waals surface area contributed by atoms with Crippen LogP contribution in [0.5, 0.6) is 0 Å². The van der Waals surface area contributed by atoms with Crippen LogP contribution in [0.3, 0.4) is 0 Å². The van der Waals surface area contributed by atoms with Crippen molar-refractivity contribution in [3.63, 3.8) is 0 Å². The predicted molar refractivity (Wildman–Crippen MR) is 99.2 cm³/mol.